The number of pyridine rings is 1. The molecule has 0 aliphatic carbocycles. The van der Waals surface area contributed by atoms with E-state index in [-0.39, 0.29) is 11.6 Å². The van der Waals surface area contributed by atoms with E-state index >= 15 is 0 Å². The molecule has 0 atom stereocenters. The summed E-state index contributed by atoms with van der Waals surface area (Å²) in [5.74, 6) is -0.759. The minimum atomic E-state index is -0.391. The topological polar surface area (TPSA) is 94.9 Å². The Bertz CT molecular complexity index is 1040. The maximum absolute atomic E-state index is 12.4. The van der Waals surface area contributed by atoms with E-state index in [9.17, 15) is 9.59 Å². The molecule has 3 aromatic rings. The second kappa shape index (κ2) is 8.60. The Morgan fingerprint density at radius 2 is 1.54 bits per heavy atom. The molecule has 138 valence electrons. The molecule has 0 bridgehead atoms. The monoisotopic (exact) mass is 370 g/mol. The molecule has 0 saturated heterocycles. The normalized spacial score (nSPS) is 10.0. The summed E-state index contributed by atoms with van der Waals surface area (Å²) in [5.41, 5.74) is 3.36. The number of hydrogen-bond acceptors (Lipinski definition) is 4. The smallest absolute Gasteiger partial charge is 0.274 e. The fraction of sp³-hybridized carbons (Fsp3) is 0.0909. The summed E-state index contributed by atoms with van der Waals surface area (Å²) in [6.07, 6.45) is 2.34. The molecule has 6 heteroatoms. The number of anilines is 2. The van der Waals surface area contributed by atoms with Gasteiger partial charge < -0.3 is 10.6 Å². The highest BCUT2D eigenvalue weighted by atomic mass is 16.2. The van der Waals surface area contributed by atoms with E-state index < -0.39 is 5.91 Å². The van der Waals surface area contributed by atoms with Crippen LogP contribution in [0.4, 0.5) is 11.4 Å². The lowest BCUT2D eigenvalue weighted by Gasteiger charge is -2.08. The van der Waals surface area contributed by atoms with Gasteiger partial charge in [-0.05, 0) is 60.5 Å². The predicted molar refractivity (Wildman–Crippen MR) is 107 cm³/mol. The maximum Gasteiger partial charge on any atom is 0.274 e. The van der Waals surface area contributed by atoms with Gasteiger partial charge in [-0.2, -0.15) is 5.26 Å². The number of nitrogens with one attached hydrogen (secondary N) is 2. The van der Waals surface area contributed by atoms with E-state index in [1.165, 1.54) is 23.9 Å². The van der Waals surface area contributed by atoms with Crippen LogP contribution >= 0.6 is 0 Å². The summed E-state index contributed by atoms with van der Waals surface area (Å²) >= 11 is 0. The van der Waals surface area contributed by atoms with E-state index in [1.54, 1.807) is 24.3 Å². The van der Waals surface area contributed by atoms with Crippen LogP contribution in [0.3, 0.4) is 0 Å². The van der Waals surface area contributed by atoms with Gasteiger partial charge in [-0.15, -0.1) is 0 Å². The number of amides is 2. The van der Waals surface area contributed by atoms with Crippen molar-refractivity contribution in [2.75, 3.05) is 10.6 Å². The van der Waals surface area contributed by atoms with Crippen LogP contribution in [0, 0.1) is 11.3 Å². The summed E-state index contributed by atoms with van der Waals surface area (Å²) in [7, 11) is 0. The molecule has 2 amide bonds. The Labute approximate surface area is 162 Å². The molecule has 0 aliphatic heterocycles. The number of benzene rings is 2. The zero-order chi connectivity index (χ0) is 19.9. The highest BCUT2D eigenvalue weighted by Gasteiger charge is 2.12. The van der Waals surface area contributed by atoms with E-state index in [0.717, 1.165) is 6.42 Å². The van der Waals surface area contributed by atoms with Crippen LogP contribution in [0.1, 0.15) is 38.9 Å². The van der Waals surface area contributed by atoms with E-state index in [2.05, 4.69) is 22.5 Å². The number of nitriles is 1. The third kappa shape index (κ3) is 4.59. The summed E-state index contributed by atoms with van der Waals surface area (Å²) in [4.78, 5) is 28.9. The number of rotatable bonds is 5. The number of hydrogen-bond donors (Lipinski definition) is 2. The van der Waals surface area contributed by atoms with Gasteiger partial charge in [0.05, 0.1) is 11.6 Å². The second-order valence-corrected chi connectivity index (χ2v) is 6.08. The number of carbonyl (C=O) groups is 2. The summed E-state index contributed by atoms with van der Waals surface area (Å²) in [5, 5.41) is 14.3. The standard InChI is InChI=1S/C22H18N4O2/c1-2-15-3-7-19(8-4-15)26-22(28)20-13-17(11-12-24-20)21(27)25-18-9-5-16(14-23)6-10-18/h3-13H,2H2,1H3,(H,25,27)(H,26,28). The van der Waals surface area contributed by atoms with E-state index in [4.69, 9.17) is 5.26 Å². The average molecular weight is 370 g/mol. The van der Waals surface area contributed by atoms with Gasteiger partial charge in [-0.25, -0.2) is 0 Å². The van der Waals surface area contributed by atoms with Gasteiger partial charge in [0.2, 0.25) is 0 Å². The molecular formula is C22H18N4O2. The number of aromatic nitrogens is 1. The van der Waals surface area contributed by atoms with Crippen molar-refractivity contribution in [2.24, 2.45) is 0 Å². The molecule has 0 radical (unpaired) electrons. The van der Waals surface area contributed by atoms with Crippen LogP contribution in [-0.4, -0.2) is 16.8 Å². The first-order valence-electron chi connectivity index (χ1n) is 8.77. The molecule has 0 spiro atoms. The minimum absolute atomic E-state index is 0.145. The lowest BCUT2D eigenvalue weighted by molar-refractivity contribution is 0.102. The molecule has 3 rings (SSSR count). The molecule has 0 unspecified atom stereocenters. The van der Waals surface area contributed by atoms with Crippen molar-refractivity contribution in [3.05, 3.63) is 89.2 Å². The molecule has 6 nitrogen and oxygen atoms in total. The largest absolute Gasteiger partial charge is 0.322 e. The zero-order valence-corrected chi connectivity index (χ0v) is 15.3. The van der Waals surface area contributed by atoms with Crippen molar-refractivity contribution in [2.45, 2.75) is 13.3 Å². The van der Waals surface area contributed by atoms with Crippen LogP contribution in [0.5, 0.6) is 0 Å². The Balaban J connectivity index is 1.70. The zero-order valence-electron chi connectivity index (χ0n) is 15.3. The average Bonchev–Trinajstić information content (AvgIpc) is 2.75. The minimum Gasteiger partial charge on any atom is -0.322 e. The highest BCUT2D eigenvalue weighted by Crippen LogP contribution is 2.14. The first-order chi connectivity index (χ1) is 13.6. The van der Waals surface area contributed by atoms with Gasteiger partial charge in [0.25, 0.3) is 11.8 Å². The van der Waals surface area contributed by atoms with E-state index in [0.29, 0.717) is 22.5 Å². The Morgan fingerprint density at radius 3 is 2.14 bits per heavy atom. The quantitative estimate of drug-likeness (QED) is 0.709. The van der Waals surface area contributed by atoms with Crippen LogP contribution < -0.4 is 10.6 Å². The molecule has 0 aliphatic rings. The van der Waals surface area contributed by atoms with Crippen molar-refractivity contribution in [1.82, 2.24) is 4.98 Å². The molecule has 2 aromatic carbocycles. The van der Waals surface area contributed by atoms with Crippen molar-refractivity contribution >= 4 is 23.2 Å². The fourth-order valence-corrected chi connectivity index (χ4v) is 2.55. The second-order valence-electron chi connectivity index (χ2n) is 6.08. The molecule has 0 fully saturated rings. The molecule has 1 aromatic heterocycles. The third-order valence-corrected chi connectivity index (χ3v) is 4.15. The van der Waals surface area contributed by atoms with Crippen LogP contribution in [0.25, 0.3) is 0 Å². The predicted octanol–water partition coefficient (Wildman–Crippen LogP) is 4.02. The molecule has 1 heterocycles. The highest BCUT2D eigenvalue weighted by molar-refractivity contribution is 6.07. The molecule has 28 heavy (non-hydrogen) atoms. The first-order valence-corrected chi connectivity index (χ1v) is 8.77. The van der Waals surface area contributed by atoms with Gasteiger partial charge >= 0.3 is 0 Å². The van der Waals surface area contributed by atoms with Gasteiger partial charge in [-0.1, -0.05) is 19.1 Å². The summed E-state index contributed by atoms with van der Waals surface area (Å²) in [6.45, 7) is 2.06. The number of nitrogens with zero attached hydrogens (tertiary/aromatic N) is 2. The molecule has 0 saturated carbocycles. The third-order valence-electron chi connectivity index (χ3n) is 4.15. The number of aryl methyl sites for hydroxylation is 1. The maximum atomic E-state index is 12.4. The van der Waals surface area contributed by atoms with Gasteiger partial charge in [0.15, 0.2) is 0 Å². The van der Waals surface area contributed by atoms with Crippen LogP contribution in [0.2, 0.25) is 0 Å². The van der Waals surface area contributed by atoms with Crippen LogP contribution in [-0.2, 0) is 6.42 Å². The summed E-state index contributed by atoms with van der Waals surface area (Å²) < 4.78 is 0. The molecule has 2 N–H and O–H groups in total. The van der Waals surface area contributed by atoms with Gasteiger partial charge in [-0.3, -0.25) is 14.6 Å². The van der Waals surface area contributed by atoms with Crippen molar-refractivity contribution < 1.29 is 9.59 Å². The Hall–Kier alpha value is -3.98. The summed E-state index contributed by atoms with van der Waals surface area (Å²) in [6, 6.07) is 19.1. The van der Waals surface area contributed by atoms with Crippen molar-refractivity contribution in [3.63, 3.8) is 0 Å². The lowest BCUT2D eigenvalue weighted by Crippen LogP contribution is -2.17. The SMILES string of the molecule is CCc1ccc(NC(=O)c2cc(C(=O)Nc3ccc(C#N)cc3)ccn2)cc1. The lowest BCUT2D eigenvalue weighted by atomic mass is 10.1. The fourth-order valence-electron chi connectivity index (χ4n) is 2.55. The van der Waals surface area contributed by atoms with Crippen LogP contribution in [0.15, 0.2) is 66.9 Å². The first kappa shape index (κ1) is 18.8. The van der Waals surface area contributed by atoms with E-state index in [1.807, 2.05) is 30.3 Å². The molecular weight excluding hydrogens is 352 g/mol. The van der Waals surface area contributed by atoms with Gasteiger partial charge in [0, 0.05) is 23.1 Å². The Kier molecular flexibility index (Phi) is 5.78. The van der Waals surface area contributed by atoms with Crippen molar-refractivity contribution in [3.8, 4) is 6.07 Å². The van der Waals surface area contributed by atoms with Crippen molar-refractivity contribution in [1.29, 1.82) is 5.26 Å². The van der Waals surface area contributed by atoms with Gasteiger partial charge in [0.1, 0.15) is 5.69 Å². The number of carbonyl (C=O) groups excluding carboxylic acids is 2. The Morgan fingerprint density at radius 1 is 0.929 bits per heavy atom.